The van der Waals surface area contributed by atoms with Gasteiger partial charge in [-0.2, -0.15) is 0 Å². The number of nitrogens with zero attached hydrogens (tertiary/aromatic N) is 2. The lowest BCUT2D eigenvalue weighted by molar-refractivity contribution is -0.137. The van der Waals surface area contributed by atoms with E-state index in [0.717, 1.165) is 31.4 Å². The van der Waals surface area contributed by atoms with E-state index in [-0.39, 0.29) is 17.4 Å². The van der Waals surface area contributed by atoms with Gasteiger partial charge in [0.15, 0.2) is 0 Å². The molecule has 0 aromatic heterocycles. The third-order valence-electron chi connectivity index (χ3n) is 5.57. The highest BCUT2D eigenvalue weighted by Gasteiger charge is 2.36. The highest BCUT2D eigenvalue weighted by Crippen LogP contribution is 2.43. The van der Waals surface area contributed by atoms with E-state index < -0.39 is 16.0 Å². The van der Waals surface area contributed by atoms with Crippen LogP contribution in [0.25, 0.3) is 0 Å². The fourth-order valence-corrected chi connectivity index (χ4v) is 5.71. The van der Waals surface area contributed by atoms with Crippen molar-refractivity contribution in [1.82, 2.24) is 4.90 Å². The SMILES string of the molecule is CN(CCCCCCC(=O)O)C1c2ccccc2N(C)S(=O)(=O)c2cc(Cl)ccc21. The van der Waals surface area contributed by atoms with Crippen LogP contribution in [0.4, 0.5) is 5.69 Å². The minimum atomic E-state index is -3.73. The third-order valence-corrected chi connectivity index (χ3v) is 7.63. The average molecular weight is 451 g/mol. The lowest BCUT2D eigenvalue weighted by Gasteiger charge is -2.30. The molecule has 3 rings (SSSR count). The highest BCUT2D eigenvalue weighted by molar-refractivity contribution is 7.92. The van der Waals surface area contributed by atoms with E-state index in [1.54, 1.807) is 19.2 Å². The molecule has 0 radical (unpaired) electrons. The summed E-state index contributed by atoms with van der Waals surface area (Å²) in [6.07, 6.45) is 3.57. The molecule has 0 saturated heterocycles. The van der Waals surface area contributed by atoms with Gasteiger partial charge in [0, 0.05) is 18.5 Å². The Balaban J connectivity index is 1.92. The number of halogens is 1. The van der Waals surface area contributed by atoms with Crippen LogP contribution in [0.3, 0.4) is 0 Å². The second-order valence-electron chi connectivity index (χ2n) is 7.65. The molecule has 0 bridgehead atoms. The van der Waals surface area contributed by atoms with Gasteiger partial charge in [-0.1, -0.05) is 48.7 Å². The maximum atomic E-state index is 13.3. The molecule has 1 atom stereocenters. The maximum absolute atomic E-state index is 13.3. The standard InChI is InChI=1S/C22H27ClN2O4S/c1-24(14-8-4-3-5-11-21(26)27)22-17-9-6-7-10-19(17)25(2)30(28,29)20-15-16(23)12-13-18(20)22/h6-7,9-10,12-13,15,22H,3-5,8,11,14H2,1-2H3,(H,26,27). The van der Waals surface area contributed by atoms with Crippen molar-refractivity contribution in [2.75, 3.05) is 24.9 Å². The predicted molar refractivity (Wildman–Crippen MR) is 119 cm³/mol. The van der Waals surface area contributed by atoms with Crippen LogP contribution >= 0.6 is 11.6 Å². The topological polar surface area (TPSA) is 77.9 Å². The Labute approximate surface area is 183 Å². The number of rotatable bonds is 8. The molecule has 1 heterocycles. The zero-order valence-corrected chi connectivity index (χ0v) is 18.8. The molecular formula is C22H27ClN2O4S. The number of anilines is 1. The van der Waals surface area contributed by atoms with Gasteiger partial charge >= 0.3 is 5.97 Å². The summed E-state index contributed by atoms with van der Waals surface area (Å²) in [4.78, 5) is 13.0. The Morgan fingerprint density at radius 3 is 2.53 bits per heavy atom. The molecule has 6 nitrogen and oxygen atoms in total. The summed E-state index contributed by atoms with van der Waals surface area (Å²) >= 11 is 6.16. The van der Waals surface area contributed by atoms with Crippen LogP contribution in [-0.2, 0) is 14.8 Å². The molecule has 0 aliphatic carbocycles. The van der Waals surface area contributed by atoms with Gasteiger partial charge in [0.1, 0.15) is 0 Å². The number of hydrogen-bond donors (Lipinski definition) is 1. The molecule has 1 N–H and O–H groups in total. The first kappa shape index (κ1) is 22.6. The highest BCUT2D eigenvalue weighted by atomic mass is 35.5. The van der Waals surface area contributed by atoms with Crippen LogP contribution in [0.5, 0.6) is 0 Å². The van der Waals surface area contributed by atoms with Crippen molar-refractivity contribution in [2.45, 2.75) is 43.0 Å². The largest absolute Gasteiger partial charge is 0.481 e. The first-order chi connectivity index (χ1) is 14.2. The number of para-hydroxylation sites is 1. The van der Waals surface area contributed by atoms with Crippen molar-refractivity contribution in [3.05, 3.63) is 58.6 Å². The van der Waals surface area contributed by atoms with Gasteiger partial charge < -0.3 is 5.11 Å². The van der Waals surface area contributed by atoms with Crippen LogP contribution < -0.4 is 4.31 Å². The molecule has 30 heavy (non-hydrogen) atoms. The van der Waals surface area contributed by atoms with Gasteiger partial charge in [-0.3, -0.25) is 14.0 Å². The molecule has 0 saturated carbocycles. The fourth-order valence-electron chi connectivity index (χ4n) is 4.00. The molecule has 8 heteroatoms. The maximum Gasteiger partial charge on any atom is 0.303 e. The van der Waals surface area contributed by atoms with Crippen molar-refractivity contribution in [1.29, 1.82) is 0 Å². The summed E-state index contributed by atoms with van der Waals surface area (Å²) in [5.41, 5.74) is 2.30. The second-order valence-corrected chi connectivity index (χ2v) is 10.0. The fraction of sp³-hybridized carbons (Fsp3) is 0.409. The number of aliphatic carboxylic acids is 1. The van der Waals surface area contributed by atoms with Crippen molar-refractivity contribution >= 4 is 33.3 Å². The number of fused-ring (bicyclic) bond motifs is 2. The van der Waals surface area contributed by atoms with E-state index in [4.69, 9.17) is 16.7 Å². The van der Waals surface area contributed by atoms with E-state index in [9.17, 15) is 13.2 Å². The average Bonchev–Trinajstić information content (AvgIpc) is 2.77. The van der Waals surface area contributed by atoms with Gasteiger partial charge in [-0.25, -0.2) is 8.42 Å². The van der Waals surface area contributed by atoms with Crippen molar-refractivity contribution in [2.24, 2.45) is 0 Å². The Kier molecular flexibility index (Phi) is 7.06. The normalized spacial score (nSPS) is 17.3. The first-order valence-electron chi connectivity index (χ1n) is 10.0. The van der Waals surface area contributed by atoms with Gasteiger partial charge in [-0.05, 0) is 55.8 Å². The summed E-state index contributed by atoms with van der Waals surface area (Å²) in [6.45, 7) is 0.762. The van der Waals surface area contributed by atoms with E-state index in [0.29, 0.717) is 22.7 Å². The van der Waals surface area contributed by atoms with Gasteiger partial charge in [0.25, 0.3) is 10.0 Å². The van der Waals surface area contributed by atoms with Gasteiger partial charge in [0.2, 0.25) is 0 Å². The summed E-state index contributed by atoms with van der Waals surface area (Å²) in [5.74, 6) is -0.761. The smallest absolute Gasteiger partial charge is 0.303 e. The van der Waals surface area contributed by atoms with Crippen LogP contribution in [-0.4, -0.2) is 45.0 Å². The van der Waals surface area contributed by atoms with Gasteiger partial charge in [-0.15, -0.1) is 0 Å². The summed E-state index contributed by atoms with van der Waals surface area (Å²) < 4.78 is 27.9. The Bertz CT molecular complexity index is 1030. The van der Waals surface area contributed by atoms with Crippen LogP contribution in [0, 0.1) is 0 Å². The number of sulfonamides is 1. The first-order valence-corrected chi connectivity index (χ1v) is 11.8. The molecule has 1 aliphatic rings. The lowest BCUT2D eigenvalue weighted by Crippen LogP contribution is -2.27. The van der Waals surface area contributed by atoms with Crippen LogP contribution in [0.15, 0.2) is 47.4 Å². The zero-order valence-electron chi connectivity index (χ0n) is 17.2. The number of carbonyl (C=O) groups is 1. The Morgan fingerprint density at radius 1 is 1.10 bits per heavy atom. The van der Waals surface area contributed by atoms with Crippen molar-refractivity contribution < 1.29 is 18.3 Å². The number of carboxylic acids is 1. The third kappa shape index (κ3) is 4.63. The molecule has 0 amide bonds. The Hall–Kier alpha value is -2.09. The monoisotopic (exact) mass is 450 g/mol. The van der Waals surface area contributed by atoms with Crippen LogP contribution in [0.1, 0.15) is 49.3 Å². The minimum Gasteiger partial charge on any atom is -0.481 e. The number of hydrogen-bond acceptors (Lipinski definition) is 4. The quantitative estimate of drug-likeness (QED) is 0.597. The molecule has 0 fully saturated rings. The molecule has 1 unspecified atom stereocenters. The lowest BCUT2D eigenvalue weighted by atomic mass is 9.95. The van der Waals surface area contributed by atoms with Crippen molar-refractivity contribution in [3.63, 3.8) is 0 Å². The van der Waals surface area contributed by atoms with E-state index in [1.807, 2.05) is 31.3 Å². The van der Waals surface area contributed by atoms with Gasteiger partial charge in [0.05, 0.1) is 16.6 Å². The van der Waals surface area contributed by atoms with E-state index >= 15 is 0 Å². The zero-order chi connectivity index (χ0) is 21.9. The molecule has 162 valence electrons. The summed E-state index contributed by atoms with van der Waals surface area (Å²) in [5, 5.41) is 9.14. The number of unbranched alkanes of at least 4 members (excludes halogenated alkanes) is 3. The van der Waals surface area contributed by atoms with Crippen molar-refractivity contribution in [3.8, 4) is 0 Å². The van der Waals surface area contributed by atoms with Crippen LogP contribution in [0.2, 0.25) is 5.02 Å². The molecular weight excluding hydrogens is 424 g/mol. The minimum absolute atomic E-state index is 0.199. The van der Waals surface area contributed by atoms with E-state index in [1.165, 1.54) is 10.4 Å². The second kappa shape index (κ2) is 9.37. The van der Waals surface area contributed by atoms with E-state index in [2.05, 4.69) is 4.90 Å². The molecule has 2 aromatic rings. The summed E-state index contributed by atoms with van der Waals surface area (Å²) in [7, 11) is -0.165. The predicted octanol–water partition coefficient (Wildman–Crippen LogP) is 4.53. The Morgan fingerprint density at radius 2 is 1.80 bits per heavy atom. The molecule has 2 aromatic carbocycles. The molecule has 0 spiro atoms. The molecule has 1 aliphatic heterocycles. The number of benzene rings is 2. The summed E-state index contributed by atoms with van der Waals surface area (Å²) in [6, 6.07) is 12.4. The number of carboxylic acid groups (broad SMARTS) is 1.